The molecule has 3 rings (SSSR count). The van der Waals surface area contributed by atoms with Crippen molar-refractivity contribution in [3.63, 3.8) is 0 Å². The van der Waals surface area contributed by atoms with Crippen molar-refractivity contribution in [1.29, 1.82) is 5.26 Å². The van der Waals surface area contributed by atoms with Crippen LogP contribution in [0.1, 0.15) is 36.3 Å². The number of nitriles is 1. The Hall–Kier alpha value is -1.33. The average molecular weight is 212 g/mol. The lowest BCUT2D eigenvalue weighted by Gasteiger charge is -2.35. The van der Waals surface area contributed by atoms with Gasteiger partial charge in [-0.25, -0.2) is 0 Å². The van der Waals surface area contributed by atoms with Crippen molar-refractivity contribution in [2.45, 2.75) is 30.6 Å². The molecule has 1 aromatic rings. The summed E-state index contributed by atoms with van der Waals surface area (Å²) in [5.74, 6) is 0.120. The first-order valence-corrected chi connectivity index (χ1v) is 6.05. The minimum atomic E-state index is 0.120. The molecule has 1 saturated heterocycles. The summed E-state index contributed by atoms with van der Waals surface area (Å²) in [7, 11) is 0. The summed E-state index contributed by atoms with van der Waals surface area (Å²) in [5, 5.41) is 12.7. The highest BCUT2D eigenvalue weighted by atomic mass is 14.9. The summed E-state index contributed by atoms with van der Waals surface area (Å²) in [5.41, 5.74) is 3.03. The van der Waals surface area contributed by atoms with E-state index in [0.717, 1.165) is 19.5 Å². The molecular weight excluding hydrogens is 196 g/mol. The second-order valence-corrected chi connectivity index (χ2v) is 5.00. The normalized spacial score (nSPS) is 26.3. The third kappa shape index (κ3) is 1.28. The number of hydrogen-bond acceptors (Lipinski definition) is 2. The van der Waals surface area contributed by atoms with Crippen LogP contribution in [0.4, 0.5) is 0 Å². The van der Waals surface area contributed by atoms with Crippen LogP contribution in [0.5, 0.6) is 0 Å². The molecular formula is C14H16N2. The predicted molar refractivity (Wildman–Crippen MR) is 63.2 cm³/mol. The van der Waals surface area contributed by atoms with Crippen molar-refractivity contribution in [3.8, 4) is 6.07 Å². The summed E-state index contributed by atoms with van der Waals surface area (Å²) in [4.78, 5) is 0. The van der Waals surface area contributed by atoms with Crippen LogP contribution in [-0.2, 0) is 5.41 Å². The molecule has 1 aliphatic heterocycles. The van der Waals surface area contributed by atoms with Crippen LogP contribution in [0.2, 0.25) is 0 Å². The van der Waals surface area contributed by atoms with Gasteiger partial charge in [-0.1, -0.05) is 24.3 Å². The smallest absolute Gasteiger partial charge is 0.0724 e. The van der Waals surface area contributed by atoms with Gasteiger partial charge in [0.05, 0.1) is 12.0 Å². The molecule has 2 nitrogen and oxygen atoms in total. The number of piperidine rings is 1. The van der Waals surface area contributed by atoms with Gasteiger partial charge in [0.2, 0.25) is 0 Å². The van der Waals surface area contributed by atoms with Gasteiger partial charge in [0.25, 0.3) is 0 Å². The minimum Gasteiger partial charge on any atom is -0.317 e. The van der Waals surface area contributed by atoms with E-state index in [0.29, 0.717) is 5.41 Å². The van der Waals surface area contributed by atoms with E-state index in [4.69, 9.17) is 0 Å². The Morgan fingerprint density at radius 2 is 2.00 bits per heavy atom. The number of nitrogens with one attached hydrogen (secondary N) is 1. The van der Waals surface area contributed by atoms with E-state index in [-0.39, 0.29) is 5.92 Å². The van der Waals surface area contributed by atoms with Gasteiger partial charge in [-0.2, -0.15) is 5.26 Å². The molecule has 1 heterocycles. The second kappa shape index (κ2) is 3.61. The maximum Gasteiger partial charge on any atom is 0.0724 e. The van der Waals surface area contributed by atoms with Crippen molar-refractivity contribution >= 4 is 0 Å². The molecule has 0 amide bonds. The minimum absolute atomic E-state index is 0.120. The van der Waals surface area contributed by atoms with E-state index >= 15 is 0 Å². The molecule has 0 aromatic heterocycles. The molecule has 1 aromatic carbocycles. The van der Waals surface area contributed by atoms with Gasteiger partial charge in [-0.3, -0.25) is 0 Å². The van der Waals surface area contributed by atoms with E-state index in [1.165, 1.54) is 24.0 Å². The molecule has 0 saturated carbocycles. The van der Waals surface area contributed by atoms with Crippen molar-refractivity contribution in [3.05, 3.63) is 35.4 Å². The van der Waals surface area contributed by atoms with Gasteiger partial charge in [0.1, 0.15) is 0 Å². The Kier molecular flexibility index (Phi) is 2.22. The average Bonchev–Trinajstić information content (AvgIpc) is 2.66. The summed E-state index contributed by atoms with van der Waals surface area (Å²) < 4.78 is 0. The number of rotatable bonds is 0. The predicted octanol–water partition coefficient (Wildman–Crippen LogP) is 2.32. The summed E-state index contributed by atoms with van der Waals surface area (Å²) >= 11 is 0. The molecule has 0 bridgehead atoms. The van der Waals surface area contributed by atoms with Crippen LogP contribution in [-0.4, -0.2) is 13.1 Å². The number of benzene rings is 1. The van der Waals surface area contributed by atoms with E-state index < -0.39 is 0 Å². The zero-order valence-electron chi connectivity index (χ0n) is 9.37. The SMILES string of the molecule is N#C[C@H]1CC2(CCNCC2)c2ccccc21. The third-order valence-corrected chi connectivity index (χ3v) is 4.22. The van der Waals surface area contributed by atoms with Crippen LogP contribution in [0.15, 0.2) is 24.3 Å². The molecule has 0 radical (unpaired) electrons. The zero-order chi connectivity index (χ0) is 11.0. The Morgan fingerprint density at radius 3 is 2.75 bits per heavy atom. The van der Waals surface area contributed by atoms with Crippen molar-refractivity contribution < 1.29 is 0 Å². The standard InChI is InChI=1S/C14H16N2/c15-10-11-9-14(5-7-16-8-6-14)13-4-2-1-3-12(11)13/h1-4,11,16H,5-9H2/t11-/m1/s1. The number of nitrogens with zero attached hydrogens (tertiary/aromatic N) is 1. The highest BCUT2D eigenvalue weighted by Crippen LogP contribution is 2.50. The molecule has 2 heteroatoms. The van der Waals surface area contributed by atoms with Crippen LogP contribution in [0, 0.1) is 11.3 Å². The second-order valence-electron chi connectivity index (χ2n) is 5.00. The zero-order valence-corrected chi connectivity index (χ0v) is 9.37. The third-order valence-electron chi connectivity index (χ3n) is 4.22. The topological polar surface area (TPSA) is 35.8 Å². The fraction of sp³-hybridized carbons (Fsp3) is 0.500. The van der Waals surface area contributed by atoms with Gasteiger partial charge in [0, 0.05) is 0 Å². The van der Waals surface area contributed by atoms with E-state index in [1.54, 1.807) is 0 Å². The van der Waals surface area contributed by atoms with Gasteiger partial charge in [-0.05, 0) is 48.9 Å². The molecule has 0 unspecified atom stereocenters. The quantitative estimate of drug-likeness (QED) is 0.716. The largest absolute Gasteiger partial charge is 0.317 e. The monoisotopic (exact) mass is 212 g/mol. The summed E-state index contributed by atoms with van der Waals surface area (Å²) in [6, 6.07) is 11.0. The number of hydrogen-bond donors (Lipinski definition) is 1. The summed E-state index contributed by atoms with van der Waals surface area (Å²) in [6.45, 7) is 2.18. The van der Waals surface area contributed by atoms with Gasteiger partial charge in [0.15, 0.2) is 0 Å². The van der Waals surface area contributed by atoms with E-state index in [9.17, 15) is 5.26 Å². The fourth-order valence-corrected chi connectivity index (χ4v) is 3.39. The fourth-order valence-electron chi connectivity index (χ4n) is 3.39. The molecule has 82 valence electrons. The van der Waals surface area contributed by atoms with Crippen LogP contribution >= 0.6 is 0 Å². The molecule has 1 spiro atoms. The lowest BCUT2D eigenvalue weighted by molar-refractivity contribution is 0.301. The van der Waals surface area contributed by atoms with Crippen LogP contribution in [0.3, 0.4) is 0 Å². The van der Waals surface area contributed by atoms with Crippen molar-refractivity contribution in [2.75, 3.05) is 13.1 Å². The van der Waals surface area contributed by atoms with E-state index in [1.807, 2.05) is 0 Å². The molecule has 2 aliphatic rings. The van der Waals surface area contributed by atoms with Gasteiger partial charge < -0.3 is 5.32 Å². The Balaban J connectivity index is 2.08. The highest BCUT2D eigenvalue weighted by molar-refractivity contribution is 5.45. The first-order valence-electron chi connectivity index (χ1n) is 6.05. The maximum absolute atomic E-state index is 9.26. The highest BCUT2D eigenvalue weighted by Gasteiger charge is 2.43. The maximum atomic E-state index is 9.26. The van der Waals surface area contributed by atoms with Crippen LogP contribution < -0.4 is 5.32 Å². The molecule has 16 heavy (non-hydrogen) atoms. The van der Waals surface area contributed by atoms with Crippen molar-refractivity contribution in [1.82, 2.24) is 5.32 Å². The first-order chi connectivity index (χ1) is 7.86. The molecule has 1 N–H and O–H groups in total. The van der Waals surface area contributed by atoms with Crippen LogP contribution in [0.25, 0.3) is 0 Å². The van der Waals surface area contributed by atoms with Gasteiger partial charge >= 0.3 is 0 Å². The van der Waals surface area contributed by atoms with Gasteiger partial charge in [-0.15, -0.1) is 0 Å². The lowest BCUT2D eigenvalue weighted by atomic mass is 9.74. The molecule has 1 atom stereocenters. The lowest BCUT2D eigenvalue weighted by Crippen LogP contribution is -2.38. The number of fused-ring (bicyclic) bond motifs is 2. The first kappa shape index (κ1) is 9.86. The summed E-state index contributed by atoms with van der Waals surface area (Å²) in [6.07, 6.45) is 3.40. The Morgan fingerprint density at radius 1 is 1.25 bits per heavy atom. The molecule has 1 fully saturated rings. The Bertz CT molecular complexity index is 438. The van der Waals surface area contributed by atoms with Crippen molar-refractivity contribution in [2.24, 2.45) is 0 Å². The van der Waals surface area contributed by atoms with E-state index in [2.05, 4.69) is 35.7 Å². The molecule has 1 aliphatic carbocycles. The Labute approximate surface area is 96.3 Å².